The van der Waals surface area contributed by atoms with Gasteiger partial charge in [0.25, 0.3) is 5.56 Å². The number of rotatable bonds is 2. The van der Waals surface area contributed by atoms with Crippen molar-refractivity contribution in [2.45, 2.75) is 18.4 Å². The van der Waals surface area contributed by atoms with Gasteiger partial charge in [-0.25, -0.2) is 4.39 Å². The maximum Gasteiger partial charge on any atom is 0.256 e. The van der Waals surface area contributed by atoms with Crippen LogP contribution in [0.1, 0.15) is 18.5 Å². The van der Waals surface area contributed by atoms with Crippen molar-refractivity contribution >= 4 is 21.7 Å². The SMILES string of the molecule is O=c1[nH]c(C2(O)CC2)c(-c2ccc(F)cc2)c2cc3cn[nH]c3cc12. The van der Waals surface area contributed by atoms with Gasteiger partial charge in [0.15, 0.2) is 0 Å². The predicted octanol–water partition coefficient (Wildman–Crippen LogP) is 3.19. The maximum absolute atomic E-state index is 13.4. The summed E-state index contributed by atoms with van der Waals surface area (Å²) in [6.45, 7) is 0. The second kappa shape index (κ2) is 4.77. The molecule has 3 N–H and O–H groups in total. The molecule has 0 spiro atoms. The van der Waals surface area contributed by atoms with Crippen LogP contribution in [0.15, 0.2) is 47.4 Å². The fourth-order valence-electron chi connectivity index (χ4n) is 3.40. The monoisotopic (exact) mass is 335 g/mol. The van der Waals surface area contributed by atoms with E-state index < -0.39 is 5.60 Å². The molecule has 1 saturated carbocycles. The van der Waals surface area contributed by atoms with Crippen LogP contribution in [-0.2, 0) is 5.60 Å². The molecule has 1 aliphatic carbocycles. The molecule has 2 aromatic heterocycles. The molecule has 6 heteroatoms. The van der Waals surface area contributed by atoms with Gasteiger partial charge in [0.2, 0.25) is 0 Å². The quantitative estimate of drug-likeness (QED) is 0.526. The minimum atomic E-state index is -1.03. The molecule has 0 amide bonds. The second-order valence-electron chi connectivity index (χ2n) is 6.60. The van der Waals surface area contributed by atoms with E-state index in [1.807, 2.05) is 6.07 Å². The first-order valence-corrected chi connectivity index (χ1v) is 8.07. The Hall–Kier alpha value is -2.99. The van der Waals surface area contributed by atoms with Crippen LogP contribution in [-0.4, -0.2) is 20.3 Å². The van der Waals surface area contributed by atoms with E-state index in [1.54, 1.807) is 24.4 Å². The van der Waals surface area contributed by atoms with Crippen molar-refractivity contribution in [2.24, 2.45) is 0 Å². The van der Waals surface area contributed by atoms with E-state index in [2.05, 4.69) is 15.2 Å². The molecular formula is C19H14FN3O2. The Morgan fingerprint density at radius 3 is 2.60 bits per heavy atom. The first-order chi connectivity index (χ1) is 12.0. The van der Waals surface area contributed by atoms with Crippen molar-refractivity contribution in [1.82, 2.24) is 15.2 Å². The van der Waals surface area contributed by atoms with Crippen LogP contribution < -0.4 is 5.56 Å². The summed E-state index contributed by atoms with van der Waals surface area (Å²) in [5.74, 6) is -0.332. The van der Waals surface area contributed by atoms with Crippen molar-refractivity contribution in [3.05, 3.63) is 64.5 Å². The number of aromatic amines is 2. The number of aliphatic hydroxyl groups is 1. The van der Waals surface area contributed by atoms with Gasteiger partial charge in [-0.3, -0.25) is 9.89 Å². The highest BCUT2D eigenvalue weighted by Gasteiger charge is 2.45. The molecule has 0 aliphatic heterocycles. The summed E-state index contributed by atoms with van der Waals surface area (Å²) in [5, 5.41) is 19.7. The van der Waals surface area contributed by atoms with Crippen LogP contribution in [0, 0.1) is 5.82 Å². The fourth-order valence-corrected chi connectivity index (χ4v) is 3.40. The van der Waals surface area contributed by atoms with E-state index >= 15 is 0 Å². The minimum absolute atomic E-state index is 0.257. The van der Waals surface area contributed by atoms with Crippen molar-refractivity contribution in [2.75, 3.05) is 0 Å². The fraction of sp³-hybridized carbons (Fsp3) is 0.158. The molecule has 0 bridgehead atoms. The number of hydrogen-bond donors (Lipinski definition) is 3. The second-order valence-corrected chi connectivity index (χ2v) is 6.60. The van der Waals surface area contributed by atoms with Crippen LogP contribution >= 0.6 is 0 Å². The highest BCUT2D eigenvalue weighted by atomic mass is 19.1. The van der Waals surface area contributed by atoms with Gasteiger partial charge in [0.05, 0.1) is 17.4 Å². The average Bonchev–Trinajstić information content (AvgIpc) is 3.18. The Kier molecular flexibility index (Phi) is 2.74. The van der Waals surface area contributed by atoms with E-state index in [9.17, 15) is 14.3 Å². The smallest absolute Gasteiger partial charge is 0.256 e. The molecular weight excluding hydrogens is 321 g/mol. The molecule has 2 aromatic carbocycles. The summed E-state index contributed by atoms with van der Waals surface area (Å²) in [7, 11) is 0. The summed E-state index contributed by atoms with van der Waals surface area (Å²) < 4.78 is 13.4. The third-order valence-electron chi connectivity index (χ3n) is 4.90. The lowest BCUT2D eigenvalue weighted by Gasteiger charge is -2.17. The number of nitrogens with one attached hydrogen (secondary N) is 2. The third-order valence-corrected chi connectivity index (χ3v) is 4.90. The van der Waals surface area contributed by atoms with E-state index in [-0.39, 0.29) is 11.4 Å². The van der Waals surface area contributed by atoms with Crippen molar-refractivity contribution in [1.29, 1.82) is 0 Å². The average molecular weight is 335 g/mol. The lowest BCUT2D eigenvalue weighted by molar-refractivity contribution is 0.147. The summed E-state index contributed by atoms with van der Waals surface area (Å²) in [6.07, 6.45) is 2.88. The zero-order chi connectivity index (χ0) is 17.2. The number of benzene rings is 2. The summed E-state index contributed by atoms with van der Waals surface area (Å²) in [6, 6.07) is 9.73. The van der Waals surface area contributed by atoms with Gasteiger partial charge in [0, 0.05) is 16.3 Å². The molecule has 0 saturated heterocycles. The lowest BCUT2D eigenvalue weighted by Crippen LogP contribution is -2.18. The van der Waals surface area contributed by atoms with Gasteiger partial charge < -0.3 is 10.1 Å². The topological polar surface area (TPSA) is 81.8 Å². The minimum Gasteiger partial charge on any atom is -0.384 e. The molecule has 5 nitrogen and oxygen atoms in total. The summed E-state index contributed by atoms with van der Waals surface area (Å²) >= 11 is 0. The molecule has 1 fully saturated rings. The zero-order valence-electron chi connectivity index (χ0n) is 13.1. The van der Waals surface area contributed by atoms with Gasteiger partial charge in [0.1, 0.15) is 11.4 Å². The Balaban J connectivity index is 1.95. The number of pyridine rings is 1. The molecule has 2 heterocycles. The van der Waals surface area contributed by atoms with E-state index in [4.69, 9.17) is 0 Å². The number of nitrogens with zero attached hydrogens (tertiary/aromatic N) is 1. The van der Waals surface area contributed by atoms with Gasteiger partial charge in [-0.1, -0.05) is 12.1 Å². The van der Waals surface area contributed by atoms with Gasteiger partial charge in [-0.15, -0.1) is 0 Å². The number of hydrogen-bond acceptors (Lipinski definition) is 3. The summed E-state index contributed by atoms with van der Waals surface area (Å²) in [4.78, 5) is 15.5. The number of halogens is 1. The van der Waals surface area contributed by atoms with Crippen molar-refractivity contribution in [3.8, 4) is 11.1 Å². The molecule has 1 aliphatic rings. The Bertz CT molecular complexity index is 1190. The highest BCUT2D eigenvalue weighted by molar-refractivity contribution is 6.04. The Morgan fingerprint density at radius 2 is 1.88 bits per heavy atom. The van der Waals surface area contributed by atoms with Crippen LogP contribution in [0.5, 0.6) is 0 Å². The van der Waals surface area contributed by atoms with Crippen molar-refractivity contribution < 1.29 is 9.50 Å². The Morgan fingerprint density at radius 1 is 1.12 bits per heavy atom. The zero-order valence-corrected chi connectivity index (χ0v) is 13.1. The Labute approximate surface area is 141 Å². The molecule has 0 radical (unpaired) electrons. The van der Waals surface area contributed by atoms with Crippen molar-refractivity contribution in [3.63, 3.8) is 0 Å². The van der Waals surface area contributed by atoms with E-state index in [0.717, 1.165) is 27.4 Å². The van der Waals surface area contributed by atoms with Gasteiger partial charge >= 0.3 is 0 Å². The van der Waals surface area contributed by atoms with Gasteiger partial charge in [-0.2, -0.15) is 5.10 Å². The molecule has 5 rings (SSSR count). The number of fused-ring (bicyclic) bond motifs is 2. The highest BCUT2D eigenvalue weighted by Crippen LogP contribution is 2.49. The largest absolute Gasteiger partial charge is 0.384 e. The standard InChI is InChI=1S/C19H14FN3O2/c20-12-3-1-10(2-4-12)16-13-7-11-9-21-23-15(11)8-14(13)18(24)22-17(16)19(25)5-6-19/h1-4,7-9,25H,5-6H2,(H,21,23)(H,22,24). The molecule has 25 heavy (non-hydrogen) atoms. The molecule has 0 atom stereocenters. The maximum atomic E-state index is 13.4. The van der Waals surface area contributed by atoms with E-state index in [0.29, 0.717) is 23.9 Å². The molecule has 124 valence electrons. The lowest BCUT2D eigenvalue weighted by atomic mass is 9.93. The number of aromatic nitrogens is 3. The predicted molar refractivity (Wildman–Crippen MR) is 92.7 cm³/mol. The normalized spacial score (nSPS) is 15.8. The van der Waals surface area contributed by atoms with Crippen LogP contribution in [0.2, 0.25) is 0 Å². The van der Waals surface area contributed by atoms with Crippen LogP contribution in [0.4, 0.5) is 4.39 Å². The number of H-pyrrole nitrogens is 2. The molecule has 0 unspecified atom stereocenters. The third kappa shape index (κ3) is 2.11. The first-order valence-electron chi connectivity index (χ1n) is 8.07. The van der Waals surface area contributed by atoms with Crippen LogP contribution in [0.25, 0.3) is 32.8 Å². The van der Waals surface area contributed by atoms with Crippen LogP contribution in [0.3, 0.4) is 0 Å². The first kappa shape index (κ1) is 14.4. The molecule has 4 aromatic rings. The van der Waals surface area contributed by atoms with Gasteiger partial charge in [-0.05, 0) is 48.1 Å². The van der Waals surface area contributed by atoms with E-state index in [1.165, 1.54) is 12.1 Å². The summed E-state index contributed by atoms with van der Waals surface area (Å²) in [5.41, 5.74) is 1.47.